The van der Waals surface area contributed by atoms with E-state index < -0.39 is 17.7 Å². The Bertz CT molecular complexity index is 1500. The molecule has 2 aliphatic heterocycles. The summed E-state index contributed by atoms with van der Waals surface area (Å²) >= 11 is 0. The van der Waals surface area contributed by atoms with Crippen LogP contribution in [0.15, 0.2) is 48.5 Å². The van der Waals surface area contributed by atoms with E-state index in [1.807, 2.05) is 36.4 Å². The van der Waals surface area contributed by atoms with Crippen molar-refractivity contribution in [2.45, 2.75) is 24.8 Å². The SMILES string of the molecule is COc1cc([C@@H]2c3cc4c(cc3[C@@H](Nc3ccc(OCCCC(=O)NO)cc3)[C@@H]3COC(=O)[C@@H]23)OCO4)cc(OC)c1O. The van der Waals surface area contributed by atoms with E-state index in [-0.39, 0.29) is 55.0 Å². The molecule has 0 aromatic heterocycles. The van der Waals surface area contributed by atoms with Crippen LogP contribution in [0.5, 0.6) is 34.5 Å². The molecule has 0 bridgehead atoms. The van der Waals surface area contributed by atoms with E-state index in [2.05, 4.69) is 5.32 Å². The minimum atomic E-state index is -0.539. The average Bonchev–Trinajstić information content (AvgIpc) is 3.65. The molecule has 0 spiro atoms. The second-order valence-corrected chi connectivity index (χ2v) is 10.5. The molecule has 4 atom stereocenters. The predicted molar refractivity (Wildman–Crippen MR) is 151 cm³/mol. The van der Waals surface area contributed by atoms with Gasteiger partial charge < -0.3 is 38.8 Å². The summed E-state index contributed by atoms with van der Waals surface area (Å²) in [7, 11) is 2.92. The Hall–Kier alpha value is -4.84. The summed E-state index contributed by atoms with van der Waals surface area (Å²) in [6.45, 7) is 0.643. The largest absolute Gasteiger partial charge is 0.502 e. The highest BCUT2D eigenvalue weighted by Gasteiger charge is 2.52. The average molecular weight is 593 g/mol. The number of phenolic OH excluding ortho intramolecular Hbond substituents is 1. The molecule has 3 aromatic rings. The van der Waals surface area contributed by atoms with Crippen LogP contribution in [0.25, 0.3) is 0 Å². The van der Waals surface area contributed by atoms with Crippen LogP contribution >= 0.6 is 0 Å². The number of phenols is 1. The molecule has 12 heteroatoms. The number of anilines is 1. The number of aromatic hydroxyl groups is 1. The van der Waals surface area contributed by atoms with Gasteiger partial charge in [-0.05, 0) is 71.6 Å². The zero-order valence-corrected chi connectivity index (χ0v) is 23.6. The number of hydroxylamine groups is 1. The lowest BCUT2D eigenvalue weighted by atomic mass is 9.65. The van der Waals surface area contributed by atoms with E-state index in [9.17, 15) is 14.7 Å². The number of benzene rings is 3. The van der Waals surface area contributed by atoms with Gasteiger partial charge in [0.25, 0.3) is 0 Å². The fourth-order valence-electron chi connectivity index (χ4n) is 6.15. The Kier molecular flexibility index (Phi) is 7.76. The first kappa shape index (κ1) is 28.3. The first-order valence-electron chi connectivity index (χ1n) is 13.9. The molecule has 226 valence electrons. The number of hydrogen-bond acceptors (Lipinski definition) is 11. The molecule has 2 heterocycles. The van der Waals surface area contributed by atoms with Gasteiger partial charge in [-0.2, -0.15) is 0 Å². The lowest BCUT2D eigenvalue weighted by molar-refractivity contribution is -0.141. The van der Waals surface area contributed by atoms with E-state index in [1.54, 1.807) is 17.6 Å². The second kappa shape index (κ2) is 11.8. The van der Waals surface area contributed by atoms with Gasteiger partial charge in [-0.15, -0.1) is 0 Å². The van der Waals surface area contributed by atoms with Crippen LogP contribution in [0.2, 0.25) is 0 Å². The van der Waals surface area contributed by atoms with Crippen molar-refractivity contribution in [1.29, 1.82) is 0 Å². The third kappa shape index (κ3) is 5.29. The van der Waals surface area contributed by atoms with E-state index in [1.165, 1.54) is 14.2 Å². The molecular weight excluding hydrogens is 560 g/mol. The van der Waals surface area contributed by atoms with Crippen molar-refractivity contribution in [3.8, 4) is 34.5 Å². The van der Waals surface area contributed by atoms with Crippen molar-refractivity contribution in [2.75, 3.05) is 39.5 Å². The molecule has 1 saturated heterocycles. The number of methoxy groups -OCH3 is 2. The van der Waals surface area contributed by atoms with Crippen molar-refractivity contribution in [3.63, 3.8) is 0 Å². The third-order valence-electron chi connectivity index (χ3n) is 8.17. The van der Waals surface area contributed by atoms with Crippen LogP contribution in [0, 0.1) is 11.8 Å². The highest BCUT2D eigenvalue weighted by Crippen LogP contribution is 2.56. The normalized spacial score (nSPS) is 21.3. The van der Waals surface area contributed by atoms with Crippen LogP contribution in [0.4, 0.5) is 5.69 Å². The van der Waals surface area contributed by atoms with Gasteiger partial charge in [-0.3, -0.25) is 14.8 Å². The number of nitrogens with one attached hydrogen (secondary N) is 2. The first-order valence-corrected chi connectivity index (χ1v) is 13.9. The quantitative estimate of drug-likeness (QED) is 0.117. The summed E-state index contributed by atoms with van der Waals surface area (Å²) in [5.41, 5.74) is 4.95. The minimum absolute atomic E-state index is 0.100. The molecule has 43 heavy (non-hydrogen) atoms. The summed E-state index contributed by atoms with van der Waals surface area (Å²) in [5.74, 6) is 0.209. The Labute approximate surface area is 247 Å². The standard InChI is InChI=1S/C31H32N2O10/c1-38-24-10-16(11-25(39-2)30(24)35)27-19-12-22-23(43-15-42-22)13-20(19)29(21-14-41-31(36)28(21)27)32-17-5-7-18(8-6-17)40-9-3-4-26(34)33-37/h5-8,10-13,21,27-29,32,35,37H,3-4,9,14-15H2,1-2H3,(H,33,34)/t21-,27-,28-,29-/m1/s1. The van der Waals surface area contributed by atoms with Gasteiger partial charge in [0.15, 0.2) is 23.0 Å². The predicted octanol–water partition coefficient (Wildman–Crippen LogP) is 3.89. The topological polar surface area (TPSA) is 154 Å². The van der Waals surface area contributed by atoms with Crippen LogP contribution in [-0.4, -0.2) is 56.4 Å². The molecule has 1 aliphatic carbocycles. The second-order valence-electron chi connectivity index (χ2n) is 10.5. The van der Waals surface area contributed by atoms with Gasteiger partial charge in [-0.1, -0.05) is 0 Å². The number of hydrogen-bond donors (Lipinski definition) is 4. The van der Waals surface area contributed by atoms with Crippen LogP contribution in [-0.2, 0) is 14.3 Å². The maximum atomic E-state index is 13.4. The van der Waals surface area contributed by atoms with Gasteiger partial charge in [0.05, 0.1) is 39.4 Å². The fourth-order valence-corrected chi connectivity index (χ4v) is 6.15. The summed E-state index contributed by atoms with van der Waals surface area (Å²) < 4.78 is 33.7. The van der Waals surface area contributed by atoms with E-state index in [0.717, 1.165) is 22.4 Å². The van der Waals surface area contributed by atoms with Gasteiger partial charge in [-0.25, -0.2) is 5.48 Å². The molecule has 3 aliphatic rings. The molecule has 0 unspecified atom stereocenters. The van der Waals surface area contributed by atoms with E-state index in [4.69, 9.17) is 33.6 Å². The zero-order chi connectivity index (χ0) is 30.1. The molecule has 6 rings (SSSR count). The van der Waals surface area contributed by atoms with Gasteiger partial charge in [0.1, 0.15) is 5.75 Å². The summed E-state index contributed by atoms with van der Waals surface area (Å²) in [6.07, 6.45) is 0.613. The van der Waals surface area contributed by atoms with Crippen LogP contribution in [0.3, 0.4) is 0 Å². The smallest absolute Gasteiger partial charge is 0.310 e. The van der Waals surface area contributed by atoms with E-state index in [0.29, 0.717) is 30.3 Å². The van der Waals surface area contributed by atoms with Crippen molar-refractivity contribution in [2.24, 2.45) is 11.8 Å². The summed E-state index contributed by atoms with van der Waals surface area (Å²) in [4.78, 5) is 24.6. The summed E-state index contributed by atoms with van der Waals surface area (Å²) in [5, 5.41) is 22.8. The number of carbonyl (C=O) groups excluding carboxylic acids is 2. The number of cyclic esters (lactones) is 1. The van der Waals surface area contributed by atoms with Crippen LogP contribution < -0.4 is 34.5 Å². The van der Waals surface area contributed by atoms with Crippen molar-refractivity contribution in [3.05, 3.63) is 65.2 Å². The number of rotatable bonds is 10. The minimum Gasteiger partial charge on any atom is -0.502 e. The van der Waals surface area contributed by atoms with Gasteiger partial charge >= 0.3 is 5.97 Å². The lowest BCUT2D eigenvalue weighted by Crippen LogP contribution is -2.37. The maximum absolute atomic E-state index is 13.4. The monoisotopic (exact) mass is 592 g/mol. The zero-order valence-electron chi connectivity index (χ0n) is 23.6. The van der Waals surface area contributed by atoms with Gasteiger partial charge in [0.2, 0.25) is 18.4 Å². The fraction of sp³-hybridized carbons (Fsp3) is 0.355. The molecule has 4 N–H and O–H groups in total. The van der Waals surface area contributed by atoms with Crippen LogP contribution in [0.1, 0.15) is 41.5 Å². The molecular formula is C31H32N2O10. The Morgan fingerprint density at radius 3 is 2.30 bits per heavy atom. The highest BCUT2D eigenvalue weighted by molar-refractivity contribution is 5.79. The third-order valence-corrected chi connectivity index (χ3v) is 8.17. The van der Waals surface area contributed by atoms with Crippen molar-refractivity contribution in [1.82, 2.24) is 5.48 Å². The summed E-state index contributed by atoms with van der Waals surface area (Å²) in [6, 6.07) is 14.4. The number of amides is 1. The van der Waals surface area contributed by atoms with Crippen molar-refractivity contribution < 1.29 is 48.3 Å². The maximum Gasteiger partial charge on any atom is 0.310 e. The van der Waals surface area contributed by atoms with Crippen molar-refractivity contribution >= 4 is 17.6 Å². The number of esters is 1. The molecule has 1 fully saturated rings. The first-order chi connectivity index (χ1) is 20.9. The number of carbonyl (C=O) groups is 2. The molecule has 12 nitrogen and oxygen atoms in total. The molecule has 0 saturated carbocycles. The molecule has 3 aromatic carbocycles. The Morgan fingerprint density at radius 1 is 0.977 bits per heavy atom. The van der Waals surface area contributed by atoms with E-state index >= 15 is 0 Å². The number of fused-ring (bicyclic) bond motifs is 3. The Balaban J connectivity index is 1.34. The Morgan fingerprint density at radius 2 is 1.65 bits per heavy atom. The van der Waals surface area contributed by atoms with Gasteiger partial charge in [0, 0.05) is 23.9 Å². The molecule has 1 amide bonds. The number of ether oxygens (including phenoxy) is 6. The lowest BCUT2D eigenvalue weighted by Gasteiger charge is -2.40. The highest BCUT2D eigenvalue weighted by atomic mass is 16.7. The molecule has 0 radical (unpaired) electrons.